The molecule has 2 rings (SSSR count). The van der Waals surface area contributed by atoms with Crippen LogP contribution in [0.5, 0.6) is 0 Å². The third-order valence-electron chi connectivity index (χ3n) is 2.64. The summed E-state index contributed by atoms with van der Waals surface area (Å²) in [7, 11) is 0. The molecule has 19 heavy (non-hydrogen) atoms. The summed E-state index contributed by atoms with van der Waals surface area (Å²) in [6, 6.07) is 8.58. The van der Waals surface area contributed by atoms with E-state index in [-0.39, 0.29) is 17.9 Å². The average molecular weight is 258 g/mol. The largest absolute Gasteiger partial charge is 0.310 e. The first kappa shape index (κ1) is 13.0. The average Bonchev–Trinajstić information content (AvgIpc) is 2.43. The Bertz CT molecular complexity index is 619. The van der Waals surface area contributed by atoms with E-state index in [4.69, 9.17) is 5.84 Å². The molecule has 0 aliphatic rings. The van der Waals surface area contributed by atoms with Crippen molar-refractivity contribution in [1.29, 1.82) is 0 Å². The molecular weight excluding hydrogens is 244 g/mol. The summed E-state index contributed by atoms with van der Waals surface area (Å²) in [6.07, 6.45) is 3.51. The first-order valence-electron chi connectivity index (χ1n) is 5.78. The monoisotopic (exact) mass is 258 g/mol. The van der Waals surface area contributed by atoms with Gasteiger partial charge in [-0.15, -0.1) is 0 Å². The highest BCUT2D eigenvalue weighted by Gasteiger charge is 2.03. The second-order valence-electron chi connectivity index (χ2n) is 4.07. The number of pyridine rings is 2. The minimum Gasteiger partial charge on any atom is -0.310 e. The highest BCUT2D eigenvalue weighted by Crippen LogP contribution is 2.02. The summed E-state index contributed by atoms with van der Waals surface area (Å²) in [4.78, 5) is 26.9. The minimum atomic E-state index is -0.270. The molecule has 0 bridgehead atoms. The van der Waals surface area contributed by atoms with Gasteiger partial charge in [0, 0.05) is 18.5 Å². The molecule has 6 nitrogen and oxygen atoms in total. The summed E-state index contributed by atoms with van der Waals surface area (Å²) >= 11 is 0. The Hall–Kier alpha value is -2.47. The number of nitrogens with one attached hydrogen (secondary N) is 1. The number of rotatable bonds is 4. The lowest BCUT2D eigenvalue weighted by atomic mass is 10.2. The van der Waals surface area contributed by atoms with Crippen molar-refractivity contribution in [3.8, 4) is 0 Å². The van der Waals surface area contributed by atoms with Crippen molar-refractivity contribution in [2.45, 2.75) is 13.0 Å². The lowest BCUT2D eigenvalue weighted by Crippen LogP contribution is -2.31. The number of aromatic nitrogens is 2. The van der Waals surface area contributed by atoms with Gasteiger partial charge in [0.25, 0.3) is 5.56 Å². The molecule has 0 aromatic carbocycles. The van der Waals surface area contributed by atoms with Crippen LogP contribution in [0.25, 0.3) is 0 Å². The zero-order valence-corrected chi connectivity index (χ0v) is 10.2. The predicted octanol–water partition coefficient (Wildman–Crippen LogP) is -0.176. The normalized spacial score (nSPS) is 10.2. The van der Waals surface area contributed by atoms with Crippen molar-refractivity contribution >= 4 is 5.91 Å². The van der Waals surface area contributed by atoms with Crippen molar-refractivity contribution in [2.24, 2.45) is 5.84 Å². The summed E-state index contributed by atoms with van der Waals surface area (Å²) in [6.45, 7) is 0.406. The zero-order chi connectivity index (χ0) is 13.7. The molecule has 1 amide bonds. The second kappa shape index (κ2) is 5.92. The molecule has 0 fully saturated rings. The fraction of sp³-hybridized carbons (Fsp3) is 0.154. The molecule has 0 saturated carbocycles. The van der Waals surface area contributed by atoms with E-state index in [1.165, 1.54) is 6.07 Å². The van der Waals surface area contributed by atoms with Crippen LogP contribution in [0.4, 0.5) is 0 Å². The number of hydrogen-bond acceptors (Lipinski definition) is 4. The van der Waals surface area contributed by atoms with Crippen molar-refractivity contribution in [2.75, 3.05) is 0 Å². The topological polar surface area (TPSA) is 90.0 Å². The lowest BCUT2D eigenvalue weighted by molar-refractivity contribution is -0.120. The first-order valence-corrected chi connectivity index (χ1v) is 5.78. The van der Waals surface area contributed by atoms with Gasteiger partial charge >= 0.3 is 0 Å². The van der Waals surface area contributed by atoms with E-state index in [2.05, 4.69) is 10.4 Å². The maximum atomic E-state index is 11.5. The molecule has 98 valence electrons. The standard InChI is InChI=1S/C13H14N4O2/c14-16-12(18)7-10-4-5-11(15-8-10)9-17-6-2-1-3-13(17)19/h1-6,8H,7,9,14H2,(H,16,18). The molecule has 2 heterocycles. The van der Waals surface area contributed by atoms with Gasteiger partial charge in [-0.2, -0.15) is 0 Å². The van der Waals surface area contributed by atoms with Crippen LogP contribution >= 0.6 is 0 Å². The van der Waals surface area contributed by atoms with Crippen LogP contribution < -0.4 is 16.8 Å². The van der Waals surface area contributed by atoms with Gasteiger partial charge in [0.2, 0.25) is 5.91 Å². The Morgan fingerprint density at radius 1 is 1.32 bits per heavy atom. The summed E-state index contributed by atoms with van der Waals surface area (Å²) in [5, 5.41) is 0. The molecule has 0 radical (unpaired) electrons. The first-order chi connectivity index (χ1) is 9.19. The Morgan fingerprint density at radius 3 is 2.79 bits per heavy atom. The van der Waals surface area contributed by atoms with Gasteiger partial charge < -0.3 is 4.57 Å². The predicted molar refractivity (Wildman–Crippen MR) is 70.1 cm³/mol. The summed E-state index contributed by atoms with van der Waals surface area (Å²) < 4.78 is 1.56. The van der Waals surface area contributed by atoms with Crippen LogP contribution in [0.1, 0.15) is 11.3 Å². The fourth-order valence-electron chi connectivity index (χ4n) is 1.66. The van der Waals surface area contributed by atoms with E-state index >= 15 is 0 Å². The third-order valence-corrected chi connectivity index (χ3v) is 2.64. The summed E-state index contributed by atoms with van der Waals surface area (Å²) in [5.74, 6) is 4.74. The van der Waals surface area contributed by atoms with Crippen LogP contribution in [0.2, 0.25) is 0 Å². The molecule has 0 saturated heterocycles. The molecule has 2 aromatic rings. The minimum absolute atomic E-state index is 0.0733. The van der Waals surface area contributed by atoms with Crippen molar-refractivity contribution in [3.63, 3.8) is 0 Å². The number of carbonyl (C=O) groups excluding carboxylic acids is 1. The Kier molecular flexibility index (Phi) is 4.04. The van der Waals surface area contributed by atoms with E-state index in [0.29, 0.717) is 6.54 Å². The van der Waals surface area contributed by atoms with Crippen LogP contribution in [0, 0.1) is 0 Å². The maximum Gasteiger partial charge on any atom is 0.250 e. The molecule has 3 N–H and O–H groups in total. The van der Waals surface area contributed by atoms with Gasteiger partial charge in [-0.3, -0.25) is 20.0 Å². The molecule has 0 aliphatic heterocycles. The highest BCUT2D eigenvalue weighted by atomic mass is 16.2. The van der Waals surface area contributed by atoms with E-state index < -0.39 is 0 Å². The Balaban J connectivity index is 2.09. The quantitative estimate of drug-likeness (QED) is 0.452. The third kappa shape index (κ3) is 3.49. The van der Waals surface area contributed by atoms with Crippen LogP contribution in [-0.4, -0.2) is 15.5 Å². The maximum absolute atomic E-state index is 11.5. The SMILES string of the molecule is NNC(=O)Cc1ccc(Cn2ccccc2=O)nc1. The van der Waals surface area contributed by atoms with Gasteiger partial charge in [-0.1, -0.05) is 12.1 Å². The van der Waals surface area contributed by atoms with E-state index in [1.807, 2.05) is 0 Å². The smallest absolute Gasteiger partial charge is 0.250 e. The van der Waals surface area contributed by atoms with Crippen LogP contribution in [-0.2, 0) is 17.8 Å². The Labute approximate surface area is 109 Å². The molecule has 0 unspecified atom stereocenters. The number of carbonyl (C=O) groups is 1. The van der Waals surface area contributed by atoms with Gasteiger partial charge in [0.15, 0.2) is 0 Å². The van der Waals surface area contributed by atoms with Crippen molar-refractivity contribution in [3.05, 3.63) is 64.3 Å². The number of hydrazine groups is 1. The van der Waals surface area contributed by atoms with Crippen molar-refractivity contribution < 1.29 is 4.79 Å². The number of hydrogen-bond donors (Lipinski definition) is 2. The van der Waals surface area contributed by atoms with Gasteiger partial charge in [-0.05, 0) is 17.7 Å². The number of nitrogens with zero attached hydrogens (tertiary/aromatic N) is 2. The molecule has 2 aromatic heterocycles. The van der Waals surface area contributed by atoms with E-state index in [9.17, 15) is 9.59 Å². The number of amides is 1. The highest BCUT2D eigenvalue weighted by molar-refractivity contribution is 5.77. The second-order valence-corrected chi connectivity index (χ2v) is 4.07. The lowest BCUT2D eigenvalue weighted by Gasteiger charge is -2.05. The van der Waals surface area contributed by atoms with E-state index in [0.717, 1.165) is 11.3 Å². The molecule has 0 spiro atoms. The van der Waals surface area contributed by atoms with Crippen molar-refractivity contribution in [1.82, 2.24) is 15.0 Å². The van der Waals surface area contributed by atoms with Gasteiger partial charge in [0.05, 0.1) is 18.7 Å². The summed E-state index contributed by atoms with van der Waals surface area (Å²) in [5.41, 5.74) is 3.52. The zero-order valence-electron chi connectivity index (χ0n) is 10.2. The van der Waals surface area contributed by atoms with Crippen LogP contribution in [0.3, 0.4) is 0 Å². The van der Waals surface area contributed by atoms with E-state index in [1.54, 1.807) is 41.2 Å². The van der Waals surface area contributed by atoms with Gasteiger partial charge in [-0.25, -0.2) is 5.84 Å². The molecule has 6 heteroatoms. The number of nitrogens with two attached hydrogens (primary N) is 1. The molecular formula is C13H14N4O2. The fourth-order valence-corrected chi connectivity index (χ4v) is 1.66. The molecule has 0 aliphatic carbocycles. The van der Waals surface area contributed by atoms with Crippen LogP contribution in [0.15, 0.2) is 47.5 Å². The molecule has 0 atom stereocenters. The van der Waals surface area contributed by atoms with Gasteiger partial charge in [0.1, 0.15) is 0 Å². The Morgan fingerprint density at radius 2 is 2.16 bits per heavy atom.